The third-order valence-electron chi connectivity index (χ3n) is 6.95. The highest BCUT2D eigenvalue weighted by Crippen LogP contribution is 2.36. The Kier molecular flexibility index (Phi) is 6.23. The summed E-state index contributed by atoms with van der Waals surface area (Å²) in [7, 11) is 0. The third-order valence-corrected chi connectivity index (χ3v) is 6.95. The van der Waals surface area contributed by atoms with Crippen molar-refractivity contribution in [3.8, 4) is 0 Å². The molecular weight excluding hydrogens is 398 g/mol. The van der Waals surface area contributed by atoms with Gasteiger partial charge in [-0.15, -0.1) is 0 Å². The van der Waals surface area contributed by atoms with Crippen LogP contribution in [-0.4, -0.2) is 21.8 Å². The van der Waals surface area contributed by atoms with Gasteiger partial charge in [-0.3, -0.25) is 9.59 Å². The molecule has 32 heavy (non-hydrogen) atoms. The van der Waals surface area contributed by atoms with Gasteiger partial charge in [-0.2, -0.15) is 0 Å². The summed E-state index contributed by atoms with van der Waals surface area (Å²) in [6, 6.07) is 13.9. The highest BCUT2D eigenvalue weighted by Gasteiger charge is 2.27. The van der Waals surface area contributed by atoms with Gasteiger partial charge in [0, 0.05) is 29.1 Å². The van der Waals surface area contributed by atoms with E-state index >= 15 is 0 Å². The lowest BCUT2D eigenvalue weighted by Crippen LogP contribution is -2.17. The summed E-state index contributed by atoms with van der Waals surface area (Å²) in [6.07, 6.45) is 7.90. The molecular formula is C28H33NO3. The van der Waals surface area contributed by atoms with E-state index in [-0.39, 0.29) is 17.6 Å². The first-order valence-electron chi connectivity index (χ1n) is 11.7. The van der Waals surface area contributed by atoms with Crippen molar-refractivity contribution < 1.29 is 14.7 Å². The normalized spacial score (nSPS) is 16.2. The highest BCUT2D eigenvalue weighted by atomic mass is 16.4. The molecule has 1 aromatic heterocycles. The van der Waals surface area contributed by atoms with Crippen molar-refractivity contribution in [3.05, 3.63) is 70.9 Å². The molecule has 1 heterocycles. The van der Waals surface area contributed by atoms with Gasteiger partial charge < -0.3 is 10.1 Å². The first-order chi connectivity index (χ1) is 15.2. The van der Waals surface area contributed by atoms with Crippen LogP contribution in [0.4, 0.5) is 0 Å². The quantitative estimate of drug-likeness (QED) is 0.415. The first-order valence-corrected chi connectivity index (χ1v) is 11.7. The van der Waals surface area contributed by atoms with Gasteiger partial charge >= 0.3 is 5.97 Å². The van der Waals surface area contributed by atoms with Crippen LogP contribution in [0.3, 0.4) is 0 Å². The summed E-state index contributed by atoms with van der Waals surface area (Å²) in [5.74, 6) is -1.44. The number of ketones is 1. The molecule has 4 rings (SSSR count). The molecule has 1 aliphatic carbocycles. The second kappa shape index (κ2) is 8.93. The van der Waals surface area contributed by atoms with E-state index in [1.807, 2.05) is 24.3 Å². The minimum absolute atomic E-state index is 0.00522. The van der Waals surface area contributed by atoms with E-state index in [4.69, 9.17) is 0 Å². The average molecular weight is 432 g/mol. The number of aromatic nitrogens is 1. The Bertz CT molecular complexity index is 1110. The Hall–Kier alpha value is -2.88. The van der Waals surface area contributed by atoms with Gasteiger partial charge in [-0.1, -0.05) is 70.4 Å². The Balaban J connectivity index is 1.61. The van der Waals surface area contributed by atoms with E-state index in [0.29, 0.717) is 17.0 Å². The van der Waals surface area contributed by atoms with Gasteiger partial charge in [0.25, 0.3) is 0 Å². The Labute approximate surface area is 190 Å². The van der Waals surface area contributed by atoms with Crippen LogP contribution in [0.15, 0.2) is 48.7 Å². The summed E-state index contributed by atoms with van der Waals surface area (Å²) in [5.41, 5.74) is 4.62. The molecule has 1 fully saturated rings. The predicted molar refractivity (Wildman–Crippen MR) is 129 cm³/mol. The molecule has 4 heteroatoms. The Morgan fingerprint density at radius 3 is 2.34 bits per heavy atom. The van der Waals surface area contributed by atoms with Crippen molar-refractivity contribution in [1.82, 2.24) is 4.98 Å². The molecule has 2 N–H and O–H groups in total. The maximum absolute atomic E-state index is 13.0. The second-order valence-corrected chi connectivity index (χ2v) is 10.2. The number of aliphatic carboxylic acids is 1. The molecule has 0 saturated heterocycles. The van der Waals surface area contributed by atoms with E-state index < -0.39 is 11.9 Å². The number of carboxylic acid groups (broad SMARTS) is 1. The van der Waals surface area contributed by atoms with Gasteiger partial charge in [0.2, 0.25) is 0 Å². The lowest BCUT2D eigenvalue weighted by Gasteiger charge is -2.22. The number of benzene rings is 2. The zero-order valence-corrected chi connectivity index (χ0v) is 19.3. The van der Waals surface area contributed by atoms with Crippen molar-refractivity contribution in [2.24, 2.45) is 0 Å². The molecule has 1 aliphatic rings. The largest absolute Gasteiger partial charge is 0.481 e. The fourth-order valence-corrected chi connectivity index (χ4v) is 4.93. The monoisotopic (exact) mass is 431 g/mol. The van der Waals surface area contributed by atoms with Crippen molar-refractivity contribution in [3.63, 3.8) is 0 Å². The SMILES string of the molecule is CC(C)(C)c1ccc(C(=O)CC(C(=O)O)c2c[nH]c3ccc(C4CCCCC4)cc23)cc1. The zero-order valence-electron chi connectivity index (χ0n) is 19.3. The van der Waals surface area contributed by atoms with Crippen LogP contribution in [-0.2, 0) is 10.2 Å². The van der Waals surface area contributed by atoms with E-state index in [0.717, 1.165) is 16.5 Å². The van der Waals surface area contributed by atoms with E-state index in [9.17, 15) is 14.7 Å². The number of H-pyrrole nitrogens is 1. The lowest BCUT2D eigenvalue weighted by molar-refractivity contribution is -0.138. The maximum Gasteiger partial charge on any atom is 0.311 e. The van der Waals surface area contributed by atoms with Crippen LogP contribution >= 0.6 is 0 Å². The molecule has 0 aliphatic heterocycles. The molecule has 168 valence electrons. The highest BCUT2D eigenvalue weighted by molar-refractivity contribution is 6.00. The number of carboxylic acids is 1. The minimum atomic E-state index is -0.964. The number of Topliss-reactive ketones (excluding diaryl/α,β-unsaturated/α-hetero) is 1. The molecule has 0 spiro atoms. The topological polar surface area (TPSA) is 70.2 Å². The van der Waals surface area contributed by atoms with Crippen molar-refractivity contribution >= 4 is 22.7 Å². The number of carbonyl (C=O) groups is 2. The number of hydrogen-bond acceptors (Lipinski definition) is 2. The number of fused-ring (bicyclic) bond motifs is 1. The van der Waals surface area contributed by atoms with Gasteiger partial charge in [0.1, 0.15) is 0 Å². The van der Waals surface area contributed by atoms with Crippen LogP contribution < -0.4 is 0 Å². The van der Waals surface area contributed by atoms with E-state index in [1.54, 1.807) is 6.20 Å². The summed E-state index contributed by atoms with van der Waals surface area (Å²) >= 11 is 0. The van der Waals surface area contributed by atoms with Gasteiger partial charge in [-0.05, 0) is 53.0 Å². The lowest BCUT2D eigenvalue weighted by atomic mass is 9.83. The van der Waals surface area contributed by atoms with Gasteiger partial charge in [0.05, 0.1) is 5.92 Å². The molecule has 0 radical (unpaired) electrons. The fraction of sp³-hybridized carbons (Fsp3) is 0.429. The fourth-order valence-electron chi connectivity index (χ4n) is 4.93. The van der Waals surface area contributed by atoms with Crippen LogP contribution in [0.5, 0.6) is 0 Å². The van der Waals surface area contributed by atoms with E-state index in [2.05, 4.69) is 44.0 Å². The van der Waals surface area contributed by atoms with Crippen LogP contribution in [0, 0.1) is 0 Å². The van der Waals surface area contributed by atoms with Crippen molar-refractivity contribution in [2.45, 2.75) is 76.5 Å². The standard InChI is InChI=1S/C28H33NO3/c1-28(2,3)21-12-9-19(10-13-21)26(30)16-23(27(31)32)24-17-29-25-14-11-20(15-22(24)25)18-7-5-4-6-8-18/h9-15,17-18,23,29H,4-8,16H2,1-3H3,(H,31,32). The van der Waals surface area contributed by atoms with Crippen molar-refractivity contribution in [1.29, 1.82) is 0 Å². The molecule has 2 aromatic carbocycles. The summed E-state index contributed by atoms with van der Waals surface area (Å²) in [4.78, 5) is 28.4. The van der Waals surface area contributed by atoms with Gasteiger partial charge in [0.15, 0.2) is 5.78 Å². The summed E-state index contributed by atoms with van der Waals surface area (Å²) in [6.45, 7) is 6.38. The van der Waals surface area contributed by atoms with Crippen LogP contribution in [0.25, 0.3) is 10.9 Å². The summed E-state index contributed by atoms with van der Waals surface area (Å²) in [5, 5.41) is 10.9. The average Bonchev–Trinajstić information content (AvgIpc) is 3.20. The molecule has 1 unspecified atom stereocenters. The smallest absolute Gasteiger partial charge is 0.311 e. The first kappa shape index (κ1) is 22.3. The van der Waals surface area contributed by atoms with E-state index in [1.165, 1.54) is 37.7 Å². The molecule has 1 atom stereocenters. The maximum atomic E-state index is 13.0. The molecule has 0 amide bonds. The van der Waals surface area contributed by atoms with Gasteiger partial charge in [-0.25, -0.2) is 0 Å². The Morgan fingerprint density at radius 1 is 1.03 bits per heavy atom. The molecule has 4 nitrogen and oxygen atoms in total. The number of carbonyl (C=O) groups excluding carboxylic acids is 1. The third kappa shape index (κ3) is 4.64. The summed E-state index contributed by atoms with van der Waals surface area (Å²) < 4.78 is 0. The van der Waals surface area contributed by atoms with Crippen molar-refractivity contribution in [2.75, 3.05) is 0 Å². The second-order valence-electron chi connectivity index (χ2n) is 10.2. The molecule has 1 saturated carbocycles. The van der Waals surface area contributed by atoms with Crippen LogP contribution in [0.2, 0.25) is 0 Å². The minimum Gasteiger partial charge on any atom is -0.481 e. The number of hydrogen-bond donors (Lipinski definition) is 2. The molecule has 0 bridgehead atoms. The molecule has 3 aromatic rings. The van der Waals surface area contributed by atoms with Crippen LogP contribution in [0.1, 0.15) is 98.2 Å². The number of nitrogens with one attached hydrogen (secondary N) is 1. The number of aromatic amines is 1. The number of rotatable bonds is 6. The Morgan fingerprint density at radius 2 is 1.72 bits per heavy atom. The zero-order chi connectivity index (χ0) is 22.9. The predicted octanol–water partition coefficient (Wildman–Crippen LogP) is 6.95.